The highest BCUT2D eigenvalue weighted by Gasteiger charge is 2.23. The van der Waals surface area contributed by atoms with Crippen molar-refractivity contribution in [1.29, 1.82) is 0 Å². The van der Waals surface area contributed by atoms with Gasteiger partial charge in [-0.25, -0.2) is 4.98 Å². The van der Waals surface area contributed by atoms with E-state index in [0.717, 1.165) is 31.0 Å². The normalized spacial score (nSPS) is 17.9. The summed E-state index contributed by atoms with van der Waals surface area (Å²) in [6, 6.07) is 3.60. The number of hydrogen-bond acceptors (Lipinski definition) is 3. The Morgan fingerprint density at radius 2 is 2.05 bits per heavy atom. The van der Waals surface area contributed by atoms with Gasteiger partial charge in [-0.3, -0.25) is 4.79 Å². The lowest BCUT2D eigenvalue weighted by molar-refractivity contribution is -0.130. The Morgan fingerprint density at radius 3 is 2.68 bits per heavy atom. The number of pyridine rings is 1. The van der Waals surface area contributed by atoms with Crippen LogP contribution >= 0.6 is 23.4 Å². The lowest BCUT2D eigenvalue weighted by Crippen LogP contribution is -2.37. The van der Waals surface area contributed by atoms with Crippen LogP contribution in [0.3, 0.4) is 0 Å². The number of carbonyl (C=O) groups excluding carboxylic acids is 1. The molecule has 0 bridgehead atoms. The van der Waals surface area contributed by atoms with Crippen LogP contribution in [0.5, 0.6) is 0 Å². The molecule has 1 unspecified atom stereocenters. The summed E-state index contributed by atoms with van der Waals surface area (Å²) in [5.74, 6) is 0.202. The molecule has 2 heterocycles. The van der Waals surface area contributed by atoms with Gasteiger partial charge in [0, 0.05) is 19.3 Å². The first-order valence-electron chi connectivity index (χ1n) is 6.74. The molecule has 0 aliphatic carbocycles. The number of aromatic nitrogens is 1. The minimum Gasteiger partial charge on any atom is -0.342 e. The van der Waals surface area contributed by atoms with Crippen molar-refractivity contribution in [1.82, 2.24) is 9.88 Å². The van der Waals surface area contributed by atoms with Gasteiger partial charge in [0.1, 0.15) is 5.03 Å². The molecule has 1 aliphatic heterocycles. The minimum atomic E-state index is -0.134. The lowest BCUT2D eigenvalue weighted by atomic mass is 10.2. The molecule has 1 saturated heterocycles. The zero-order valence-electron chi connectivity index (χ0n) is 11.1. The van der Waals surface area contributed by atoms with Crippen LogP contribution in [0, 0.1) is 0 Å². The number of amides is 1. The molecule has 0 aromatic carbocycles. The fraction of sp³-hybridized carbons (Fsp3) is 0.571. The molecule has 1 fully saturated rings. The number of rotatable bonds is 3. The summed E-state index contributed by atoms with van der Waals surface area (Å²) in [4.78, 5) is 18.6. The second kappa shape index (κ2) is 7.15. The van der Waals surface area contributed by atoms with Gasteiger partial charge < -0.3 is 4.90 Å². The average molecular weight is 299 g/mol. The molecule has 19 heavy (non-hydrogen) atoms. The molecule has 1 aromatic heterocycles. The molecule has 3 nitrogen and oxygen atoms in total. The molecule has 1 aliphatic rings. The van der Waals surface area contributed by atoms with Crippen LogP contribution in [0.4, 0.5) is 0 Å². The van der Waals surface area contributed by atoms with Gasteiger partial charge in [-0.1, -0.05) is 36.2 Å². The first-order valence-corrected chi connectivity index (χ1v) is 8.00. The fourth-order valence-corrected chi connectivity index (χ4v) is 3.37. The predicted molar refractivity (Wildman–Crippen MR) is 79.6 cm³/mol. The van der Waals surface area contributed by atoms with E-state index in [1.165, 1.54) is 24.6 Å². The second-order valence-electron chi connectivity index (χ2n) is 4.79. The molecule has 5 heteroatoms. The zero-order valence-corrected chi connectivity index (χ0v) is 12.7. The highest BCUT2D eigenvalue weighted by atomic mass is 35.5. The molecule has 104 valence electrons. The van der Waals surface area contributed by atoms with Crippen LogP contribution in [0.25, 0.3) is 0 Å². The highest BCUT2D eigenvalue weighted by molar-refractivity contribution is 8.00. The molecule has 1 amide bonds. The van der Waals surface area contributed by atoms with Crippen LogP contribution in [0.1, 0.15) is 32.6 Å². The van der Waals surface area contributed by atoms with E-state index in [-0.39, 0.29) is 11.2 Å². The smallest absolute Gasteiger partial charge is 0.235 e. The fourth-order valence-electron chi connectivity index (χ4n) is 2.22. The SMILES string of the molecule is CC(Sc1ncccc1Cl)C(=O)N1CCCCCC1. The molecule has 1 aromatic rings. The Balaban J connectivity index is 1.97. The van der Waals surface area contributed by atoms with Gasteiger partial charge in [0.05, 0.1) is 10.3 Å². The van der Waals surface area contributed by atoms with Crippen LogP contribution in [-0.4, -0.2) is 34.1 Å². The van der Waals surface area contributed by atoms with E-state index in [4.69, 9.17) is 11.6 Å². The topological polar surface area (TPSA) is 33.2 Å². The maximum atomic E-state index is 12.4. The van der Waals surface area contributed by atoms with E-state index in [9.17, 15) is 4.79 Å². The Kier molecular flexibility index (Phi) is 5.52. The third-order valence-corrected chi connectivity index (χ3v) is 4.80. The first kappa shape index (κ1) is 14.7. The molecule has 2 rings (SSSR count). The maximum absolute atomic E-state index is 12.4. The summed E-state index contributed by atoms with van der Waals surface area (Å²) >= 11 is 7.52. The van der Waals surface area contributed by atoms with Gasteiger partial charge in [-0.05, 0) is 31.9 Å². The van der Waals surface area contributed by atoms with Gasteiger partial charge in [-0.2, -0.15) is 0 Å². The number of carbonyl (C=O) groups is 1. The predicted octanol–water partition coefficient (Wildman–Crippen LogP) is 3.62. The standard InChI is InChI=1S/C14H19ClN2OS/c1-11(19-13-12(15)7-6-8-16-13)14(18)17-9-4-2-3-5-10-17/h6-8,11H,2-5,9-10H2,1H3. The summed E-state index contributed by atoms with van der Waals surface area (Å²) in [6.45, 7) is 3.71. The van der Waals surface area contributed by atoms with Crippen LogP contribution < -0.4 is 0 Å². The van der Waals surface area contributed by atoms with Crippen molar-refractivity contribution in [2.45, 2.75) is 42.9 Å². The highest BCUT2D eigenvalue weighted by Crippen LogP contribution is 2.29. The largest absolute Gasteiger partial charge is 0.342 e. The number of thioether (sulfide) groups is 1. The molecule has 0 saturated carbocycles. The first-order chi connectivity index (χ1) is 9.18. The molecule has 0 N–H and O–H groups in total. The van der Waals surface area contributed by atoms with Crippen molar-refractivity contribution in [2.24, 2.45) is 0 Å². The van der Waals surface area contributed by atoms with E-state index in [1.807, 2.05) is 11.8 Å². The average Bonchev–Trinajstić information content (AvgIpc) is 2.69. The summed E-state index contributed by atoms with van der Waals surface area (Å²) in [6.07, 6.45) is 6.41. The quantitative estimate of drug-likeness (QED) is 0.799. The molecular weight excluding hydrogens is 280 g/mol. The molecular formula is C14H19ClN2OS. The summed E-state index contributed by atoms with van der Waals surface area (Å²) in [7, 11) is 0. The van der Waals surface area contributed by atoms with Gasteiger partial charge in [0.2, 0.25) is 5.91 Å². The van der Waals surface area contributed by atoms with E-state index >= 15 is 0 Å². The van der Waals surface area contributed by atoms with Gasteiger partial charge >= 0.3 is 0 Å². The van der Waals surface area contributed by atoms with E-state index in [0.29, 0.717) is 5.02 Å². The summed E-state index contributed by atoms with van der Waals surface area (Å²) in [5, 5.41) is 1.22. The number of likely N-dealkylation sites (tertiary alicyclic amines) is 1. The van der Waals surface area contributed by atoms with Crippen molar-refractivity contribution < 1.29 is 4.79 Å². The lowest BCUT2D eigenvalue weighted by Gasteiger charge is -2.23. The van der Waals surface area contributed by atoms with Crippen LogP contribution in [-0.2, 0) is 4.79 Å². The number of hydrogen-bond donors (Lipinski definition) is 0. The summed E-state index contributed by atoms with van der Waals surface area (Å²) in [5.41, 5.74) is 0. The Hall–Kier alpha value is -0.740. The van der Waals surface area contributed by atoms with E-state index < -0.39 is 0 Å². The number of halogens is 1. The molecule has 1 atom stereocenters. The van der Waals surface area contributed by atoms with Crippen molar-refractivity contribution in [2.75, 3.05) is 13.1 Å². The van der Waals surface area contributed by atoms with E-state index in [2.05, 4.69) is 4.98 Å². The third-order valence-electron chi connectivity index (χ3n) is 3.28. The zero-order chi connectivity index (χ0) is 13.7. The molecule has 0 spiro atoms. The summed E-state index contributed by atoms with van der Waals surface area (Å²) < 4.78 is 0. The van der Waals surface area contributed by atoms with Gasteiger partial charge in [-0.15, -0.1) is 0 Å². The maximum Gasteiger partial charge on any atom is 0.235 e. The van der Waals surface area contributed by atoms with Crippen LogP contribution in [0.15, 0.2) is 23.4 Å². The second-order valence-corrected chi connectivity index (χ2v) is 6.53. The Labute approximate surface area is 123 Å². The van der Waals surface area contributed by atoms with Crippen molar-refractivity contribution in [3.8, 4) is 0 Å². The third kappa shape index (κ3) is 4.11. The van der Waals surface area contributed by atoms with Gasteiger partial charge in [0.15, 0.2) is 0 Å². The van der Waals surface area contributed by atoms with Crippen LogP contribution in [0.2, 0.25) is 5.02 Å². The van der Waals surface area contributed by atoms with Crippen molar-refractivity contribution in [3.05, 3.63) is 23.4 Å². The Bertz CT molecular complexity index is 433. The van der Waals surface area contributed by atoms with E-state index in [1.54, 1.807) is 18.3 Å². The van der Waals surface area contributed by atoms with Gasteiger partial charge in [0.25, 0.3) is 0 Å². The monoisotopic (exact) mass is 298 g/mol. The van der Waals surface area contributed by atoms with Crippen molar-refractivity contribution >= 4 is 29.3 Å². The van der Waals surface area contributed by atoms with Crippen molar-refractivity contribution in [3.63, 3.8) is 0 Å². The minimum absolute atomic E-state index is 0.134. The Morgan fingerprint density at radius 1 is 1.37 bits per heavy atom. The number of nitrogens with zero attached hydrogens (tertiary/aromatic N) is 2. The molecule has 0 radical (unpaired) electrons.